The van der Waals surface area contributed by atoms with Crippen LogP contribution in [0.4, 0.5) is 0 Å². The molecule has 0 N–H and O–H groups in total. The van der Waals surface area contributed by atoms with Crippen LogP contribution in [0, 0.1) is 17.8 Å². The Balaban J connectivity index is 2.75. The van der Waals surface area contributed by atoms with Crippen molar-refractivity contribution < 1.29 is 4.79 Å². The van der Waals surface area contributed by atoms with Crippen LogP contribution in [0.2, 0.25) is 0 Å². The van der Waals surface area contributed by atoms with Crippen molar-refractivity contribution >= 4 is 6.29 Å². The van der Waals surface area contributed by atoms with Gasteiger partial charge >= 0.3 is 0 Å². The summed E-state index contributed by atoms with van der Waals surface area (Å²) in [5, 5.41) is 0. The van der Waals surface area contributed by atoms with Gasteiger partial charge in [-0.25, -0.2) is 0 Å². The highest BCUT2D eigenvalue weighted by Crippen LogP contribution is 2.31. The lowest BCUT2D eigenvalue weighted by atomic mass is 9.77. The summed E-state index contributed by atoms with van der Waals surface area (Å²) in [5.41, 5.74) is 1.38. The molecular weight excluding hydrogens is 136 g/mol. The van der Waals surface area contributed by atoms with Gasteiger partial charge in [-0.1, -0.05) is 25.5 Å². The molecule has 0 aromatic heterocycles. The maximum absolute atomic E-state index is 10.5. The Bertz CT molecular complexity index is 181. The lowest BCUT2D eigenvalue weighted by Gasteiger charge is -2.28. The first kappa shape index (κ1) is 8.51. The standard InChI is InChI=1S/C10H16O/c1-7-4-10(6-11)5-8(2)9(7)3/h4,6,8-10H,5H2,1-3H3. The van der Waals surface area contributed by atoms with Crippen molar-refractivity contribution in [3.8, 4) is 0 Å². The molecule has 11 heavy (non-hydrogen) atoms. The van der Waals surface area contributed by atoms with Gasteiger partial charge in [0.05, 0.1) is 0 Å². The van der Waals surface area contributed by atoms with Gasteiger partial charge in [0.15, 0.2) is 0 Å². The van der Waals surface area contributed by atoms with Gasteiger partial charge in [0.2, 0.25) is 0 Å². The second kappa shape index (κ2) is 3.21. The third-order valence-electron chi connectivity index (χ3n) is 2.87. The first-order valence-electron chi connectivity index (χ1n) is 4.28. The smallest absolute Gasteiger partial charge is 0.126 e. The molecule has 0 amide bonds. The summed E-state index contributed by atoms with van der Waals surface area (Å²) in [4.78, 5) is 10.5. The van der Waals surface area contributed by atoms with Gasteiger partial charge in [-0.2, -0.15) is 0 Å². The highest BCUT2D eigenvalue weighted by molar-refractivity contribution is 5.57. The van der Waals surface area contributed by atoms with Crippen molar-refractivity contribution in [2.75, 3.05) is 0 Å². The third kappa shape index (κ3) is 1.70. The number of carbonyl (C=O) groups is 1. The van der Waals surface area contributed by atoms with Crippen LogP contribution in [-0.2, 0) is 4.79 Å². The van der Waals surface area contributed by atoms with Gasteiger partial charge < -0.3 is 4.79 Å². The predicted molar refractivity (Wildman–Crippen MR) is 46.3 cm³/mol. The second-order valence-electron chi connectivity index (χ2n) is 3.71. The molecule has 0 radical (unpaired) electrons. The van der Waals surface area contributed by atoms with Gasteiger partial charge in [-0.3, -0.25) is 0 Å². The Morgan fingerprint density at radius 2 is 2.18 bits per heavy atom. The minimum absolute atomic E-state index is 0.182. The van der Waals surface area contributed by atoms with E-state index in [9.17, 15) is 4.79 Å². The lowest BCUT2D eigenvalue weighted by Crippen LogP contribution is -2.19. The van der Waals surface area contributed by atoms with E-state index in [0.717, 1.165) is 12.7 Å². The Morgan fingerprint density at radius 1 is 1.55 bits per heavy atom. The SMILES string of the molecule is CC1=CC(C=O)CC(C)C1C. The molecule has 62 valence electrons. The molecule has 0 heterocycles. The fourth-order valence-corrected chi connectivity index (χ4v) is 1.73. The van der Waals surface area contributed by atoms with Gasteiger partial charge in [0.1, 0.15) is 6.29 Å². The lowest BCUT2D eigenvalue weighted by molar-refractivity contribution is -0.110. The quantitative estimate of drug-likeness (QED) is 0.416. The molecule has 0 bridgehead atoms. The molecule has 0 spiro atoms. The van der Waals surface area contributed by atoms with E-state index in [1.54, 1.807) is 0 Å². The molecule has 0 fully saturated rings. The molecule has 1 heteroatoms. The molecule has 0 aromatic carbocycles. The minimum Gasteiger partial charge on any atom is -0.303 e. The zero-order chi connectivity index (χ0) is 8.43. The summed E-state index contributed by atoms with van der Waals surface area (Å²) in [6.07, 6.45) is 4.20. The van der Waals surface area contributed by atoms with E-state index in [2.05, 4.69) is 26.8 Å². The molecule has 0 aromatic rings. The zero-order valence-corrected chi connectivity index (χ0v) is 7.50. The van der Waals surface area contributed by atoms with Crippen molar-refractivity contribution in [2.24, 2.45) is 17.8 Å². The van der Waals surface area contributed by atoms with E-state index in [4.69, 9.17) is 0 Å². The molecular formula is C10H16O. The Labute approximate surface area is 68.5 Å². The predicted octanol–water partition coefficient (Wildman–Crippen LogP) is 2.42. The number of carbonyl (C=O) groups excluding carboxylic acids is 1. The van der Waals surface area contributed by atoms with E-state index >= 15 is 0 Å². The maximum atomic E-state index is 10.5. The number of hydrogen-bond donors (Lipinski definition) is 0. The van der Waals surface area contributed by atoms with Crippen molar-refractivity contribution in [2.45, 2.75) is 27.2 Å². The molecule has 0 aliphatic heterocycles. The molecule has 1 nitrogen and oxygen atoms in total. The van der Waals surface area contributed by atoms with Gasteiger partial charge in [0.25, 0.3) is 0 Å². The third-order valence-corrected chi connectivity index (χ3v) is 2.87. The van der Waals surface area contributed by atoms with Crippen LogP contribution in [0.25, 0.3) is 0 Å². The van der Waals surface area contributed by atoms with Crippen LogP contribution in [0.3, 0.4) is 0 Å². The summed E-state index contributed by atoms with van der Waals surface area (Å²) in [7, 11) is 0. The number of hydrogen-bond acceptors (Lipinski definition) is 1. The highest BCUT2D eigenvalue weighted by Gasteiger charge is 2.22. The molecule has 1 aliphatic rings. The van der Waals surface area contributed by atoms with Crippen LogP contribution < -0.4 is 0 Å². The molecule has 3 atom stereocenters. The van der Waals surface area contributed by atoms with Crippen LogP contribution in [0.1, 0.15) is 27.2 Å². The summed E-state index contributed by atoms with van der Waals surface area (Å²) in [6, 6.07) is 0. The normalized spacial score (nSPS) is 38.1. The van der Waals surface area contributed by atoms with Gasteiger partial charge in [0, 0.05) is 5.92 Å². The highest BCUT2D eigenvalue weighted by atomic mass is 16.1. The Morgan fingerprint density at radius 3 is 2.64 bits per heavy atom. The molecule has 1 aliphatic carbocycles. The summed E-state index contributed by atoms with van der Waals surface area (Å²) in [5.74, 6) is 1.50. The second-order valence-corrected chi connectivity index (χ2v) is 3.71. The average Bonchev–Trinajstić information content (AvgIpc) is 1.99. The number of allylic oxidation sites excluding steroid dienone is 2. The van der Waals surface area contributed by atoms with E-state index in [-0.39, 0.29) is 5.92 Å². The molecule has 3 unspecified atom stereocenters. The van der Waals surface area contributed by atoms with Crippen molar-refractivity contribution in [1.29, 1.82) is 0 Å². The topological polar surface area (TPSA) is 17.1 Å². The largest absolute Gasteiger partial charge is 0.303 e. The van der Waals surface area contributed by atoms with Crippen LogP contribution in [-0.4, -0.2) is 6.29 Å². The van der Waals surface area contributed by atoms with Crippen LogP contribution >= 0.6 is 0 Å². The number of rotatable bonds is 1. The van der Waals surface area contributed by atoms with E-state index in [1.807, 2.05) is 0 Å². The average molecular weight is 152 g/mol. The summed E-state index contributed by atoms with van der Waals surface area (Å²) < 4.78 is 0. The molecule has 0 saturated heterocycles. The number of aldehydes is 1. The Hall–Kier alpha value is -0.590. The van der Waals surface area contributed by atoms with Crippen molar-refractivity contribution in [1.82, 2.24) is 0 Å². The zero-order valence-electron chi connectivity index (χ0n) is 7.50. The fraction of sp³-hybridized carbons (Fsp3) is 0.700. The monoisotopic (exact) mass is 152 g/mol. The minimum atomic E-state index is 0.182. The molecule has 0 saturated carbocycles. The maximum Gasteiger partial charge on any atom is 0.126 e. The van der Waals surface area contributed by atoms with Gasteiger partial charge in [-0.15, -0.1) is 0 Å². The van der Waals surface area contributed by atoms with Crippen LogP contribution in [0.5, 0.6) is 0 Å². The Kier molecular flexibility index (Phi) is 2.48. The van der Waals surface area contributed by atoms with Crippen molar-refractivity contribution in [3.05, 3.63) is 11.6 Å². The first-order valence-corrected chi connectivity index (χ1v) is 4.28. The summed E-state index contributed by atoms with van der Waals surface area (Å²) in [6.45, 7) is 6.58. The fourth-order valence-electron chi connectivity index (χ4n) is 1.73. The van der Waals surface area contributed by atoms with E-state index in [0.29, 0.717) is 11.8 Å². The van der Waals surface area contributed by atoms with Gasteiger partial charge in [-0.05, 0) is 25.2 Å². The van der Waals surface area contributed by atoms with E-state index < -0.39 is 0 Å². The van der Waals surface area contributed by atoms with E-state index in [1.165, 1.54) is 5.57 Å². The van der Waals surface area contributed by atoms with Crippen molar-refractivity contribution in [3.63, 3.8) is 0 Å². The first-order chi connectivity index (χ1) is 5.15. The molecule has 1 rings (SSSR count). The summed E-state index contributed by atoms with van der Waals surface area (Å²) >= 11 is 0. The van der Waals surface area contributed by atoms with Crippen LogP contribution in [0.15, 0.2) is 11.6 Å².